The van der Waals surface area contributed by atoms with Gasteiger partial charge >= 0.3 is 0 Å². The summed E-state index contributed by atoms with van der Waals surface area (Å²) in [6, 6.07) is 0. The van der Waals surface area contributed by atoms with E-state index in [1.165, 1.54) is 0 Å². The molecule has 0 heterocycles. The summed E-state index contributed by atoms with van der Waals surface area (Å²) < 4.78 is 4.58. The van der Waals surface area contributed by atoms with Crippen LogP contribution in [0.15, 0.2) is 0 Å². The lowest BCUT2D eigenvalue weighted by atomic mass is 10.3. The molecule has 0 unspecified atom stereocenters. The van der Waals surface area contributed by atoms with Gasteiger partial charge in [0.15, 0.2) is 0 Å². The zero-order valence-electron chi connectivity index (χ0n) is 5.92. The van der Waals surface area contributed by atoms with Gasteiger partial charge in [0.05, 0.1) is 0 Å². The van der Waals surface area contributed by atoms with Crippen molar-refractivity contribution >= 4 is 0 Å². The summed E-state index contributed by atoms with van der Waals surface area (Å²) in [6.07, 6.45) is 0.966. The molecule has 0 spiro atoms. The quantitative estimate of drug-likeness (QED) is 0.549. The van der Waals surface area contributed by atoms with Gasteiger partial charge in [-0.05, 0) is 13.3 Å². The van der Waals surface area contributed by atoms with Gasteiger partial charge in [-0.25, -0.2) is 0 Å². The van der Waals surface area contributed by atoms with Gasteiger partial charge in [0, 0.05) is 13.0 Å². The normalized spacial score (nSPS) is 12.0. The Balaban J connectivity index is 3.43. The highest BCUT2D eigenvalue weighted by Crippen LogP contribution is 2.09. The van der Waals surface area contributed by atoms with Gasteiger partial charge in [-0.15, -0.1) is 0 Å². The number of rotatable bonds is 4. The molecule has 0 saturated heterocycles. The molecule has 0 amide bonds. The van der Waals surface area contributed by atoms with Crippen LogP contribution in [0.4, 0.5) is 0 Å². The lowest BCUT2D eigenvalue weighted by molar-refractivity contribution is -0.338. The third-order valence-electron chi connectivity index (χ3n) is 0.951. The third kappa shape index (κ3) is 4.39. The zero-order chi connectivity index (χ0) is 7.33. The molecule has 0 rings (SSSR count). The van der Waals surface area contributed by atoms with Gasteiger partial charge in [-0.3, -0.25) is 0 Å². The van der Waals surface area contributed by atoms with Crippen molar-refractivity contribution in [2.75, 3.05) is 6.61 Å². The first-order valence-corrected chi connectivity index (χ1v) is 3.21. The molecule has 3 nitrogen and oxygen atoms in total. The zero-order valence-corrected chi connectivity index (χ0v) is 5.92. The predicted molar refractivity (Wildman–Crippen MR) is 33.7 cm³/mol. The van der Waals surface area contributed by atoms with E-state index in [0.717, 1.165) is 0 Å². The lowest BCUT2D eigenvalue weighted by Gasteiger charge is -2.19. The number of aliphatic hydroxyl groups is 2. The lowest BCUT2D eigenvalue weighted by Crippen LogP contribution is -2.31. The molecule has 0 saturated carbocycles. The fourth-order valence-corrected chi connectivity index (χ4v) is 0.629. The summed E-state index contributed by atoms with van der Waals surface area (Å²) >= 11 is 0. The van der Waals surface area contributed by atoms with Gasteiger partial charge in [0.25, 0.3) is 5.97 Å². The first-order chi connectivity index (χ1) is 4.12. The average Bonchev–Trinajstić information content (AvgIpc) is 1.64. The Morgan fingerprint density at radius 2 is 1.89 bits per heavy atom. The van der Waals surface area contributed by atoms with Crippen LogP contribution in [0.25, 0.3) is 0 Å². The first-order valence-electron chi connectivity index (χ1n) is 3.21. The van der Waals surface area contributed by atoms with E-state index in [1.54, 1.807) is 6.92 Å². The van der Waals surface area contributed by atoms with E-state index < -0.39 is 5.97 Å². The van der Waals surface area contributed by atoms with Crippen molar-refractivity contribution < 1.29 is 14.9 Å². The van der Waals surface area contributed by atoms with Crippen molar-refractivity contribution in [3.8, 4) is 0 Å². The molecule has 0 aromatic heterocycles. The van der Waals surface area contributed by atoms with Crippen LogP contribution in [0.1, 0.15) is 26.7 Å². The van der Waals surface area contributed by atoms with E-state index in [0.29, 0.717) is 13.0 Å². The van der Waals surface area contributed by atoms with Crippen molar-refractivity contribution in [2.45, 2.75) is 32.7 Å². The number of ether oxygens (including phenoxy) is 1. The van der Waals surface area contributed by atoms with E-state index in [9.17, 15) is 0 Å². The van der Waals surface area contributed by atoms with Crippen molar-refractivity contribution in [1.29, 1.82) is 0 Å². The summed E-state index contributed by atoms with van der Waals surface area (Å²) in [5.41, 5.74) is 0. The van der Waals surface area contributed by atoms with Crippen LogP contribution < -0.4 is 0 Å². The van der Waals surface area contributed by atoms with Gasteiger partial charge in [0.2, 0.25) is 0 Å². The topological polar surface area (TPSA) is 49.7 Å². The Morgan fingerprint density at radius 1 is 1.33 bits per heavy atom. The van der Waals surface area contributed by atoms with Crippen LogP contribution in [0.5, 0.6) is 0 Å². The summed E-state index contributed by atoms with van der Waals surface area (Å²) in [6.45, 7) is 3.91. The first kappa shape index (κ1) is 8.88. The van der Waals surface area contributed by atoms with Gasteiger partial charge in [-0.2, -0.15) is 0 Å². The highest BCUT2D eigenvalue weighted by molar-refractivity contribution is 4.47. The van der Waals surface area contributed by atoms with Crippen LogP contribution in [0.2, 0.25) is 0 Å². The fraction of sp³-hybridized carbons (Fsp3) is 1.00. The van der Waals surface area contributed by atoms with Crippen LogP contribution >= 0.6 is 0 Å². The molecule has 9 heavy (non-hydrogen) atoms. The Kier molecular flexibility index (Phi) is 3.77. The van der Waals surface area contributed by atoms with E-state index in [4.69, 9.17) is 10.2 Å². The molecule has 0 aromatic rings. The molecule has 3 heteroatoms. The molecule has 0 atom stereocenters. The molecule has 56 valence electrons. The van der Waals surface area contributed by atoms with Crippen LogP contribution in [-0.2, 0) is 4.74 Å². The van der Waals surface area contributed by atoms with Crippen molar-refractivity contribution in [3.63, 3.8) is 0 Å². The van der Waals surface area contributed by atoms with Gasteiger partial charge in [0.1, 0.15) is 0 Å². The van der Waals surface area contributed by atoms with Crippen molar-refractivity contribution in [3.05, 3.63) is 0 Å². The Morgan fingerprint density at radius 3 is 2.22 bits per heavy atom. The van der Waals surface area contributed by atoms with E-state index in [1.807, 2.05) is 6.92 Å². The minimum Gasteiger partial charge on any atom is -0.343 e. The second-order valence-corrected chi connectivity index (χ2v) is 1.93. The minimum absolute atomic E-state index is 0.265. The van der Waals surface area contributed by atoms with E-state index in [-0.39, 0.29) is 6.42 Å². The smallest absolute Gasteiger partial charge is 0.277 e. The molecule has 0 aliphatic carbocycles. The standard InChI is InChI=1S/C6H14O3/c1-3-5-6(7,8)9-4-2/h7-8H,3-5H2,1-2H3. The summed E-state index contributed by atoms with van der Waals surface area (Å²) in [5.74, 6) is -1.90. The predicted octanol–water partition coefficient (Wildman–Crippen LogP) is 0.461. The summed E-state index contributed by atoms with van der Waals surface area (Å²) in [5, 5.41) is 17.7. The van der Waals surface area contributed by atoms with E-state index >= 15 is 0 Å². The average molecular weight is 134 g/mol. The maximum Gasteiger partial charge on any atom is 0.277 e. The molecule has 2 N–H and O–H groups in total. The maximum atomic E-state index is 8.85. The molecule has 0 aliphatic heterocycles. The molecular formula is C6H14O3. The van der Waals surface area contributed by atoms with E-state index in [2.05, 4.69) is 4.74 Å². The van der Waals surface area contributed by atoms with Gasteiger partial charge in [-0.1, -0.05) is 6.92 Å². The summed E-state index contributed by atoms with van der Waals surface area (Å²) in [7, 11) is 0. The second-order valence-electron chi connectivity index (χ2n) is 1.93. The molecular weight excluding hydrogens is 120 g/mol. The summed E-state index contributed by atoms with van der Waals surface area (Å²) in [4.78, 5) is 0. The largest absolute Gasteiger partial charge is 0.343 e. The Bertz CT molecular complexity index is 62.7. The minimum atomic E-state index is -1.90. The molecule has 0 aliphatic rings. The monoisotopic (exact) mass is 134 g/mol. The van der Waals surface area contributed by atoms with Crippen LogP contribution in [0, 0.1) is 0 Å². The Hall–Kier alpha value is -0.120. The maximum absolute atomic E-state index is 8.85. The van der Waals surface area contributed by atoms with Gasteiger partial charge < -0.3 is 14.9 Å². The number of hydrogen-bond donors (Lipinski definition) is 2. The second kappa shape index (κ2) is 3.82. The highest BCUT2D eigenvalue weighted by atomic mass is 16.8. The van der Waals surface area contributed by atoms with Crippen molar-refractivity contribution in [1.82, 2.24) is 0 Å². The van der Waals surface area contributed by atoms with Crippen LogP contribution in [-0.4, -0.2) is 22.8 Å². The molecule has 0 bridgehead atoms. The van der Waals surface area contributed by atoms with Crippen LogP contribution in [0.3, 0.4) is 0 Å². The molecule has 0 radical (unpaired) electrons. The highest BCUT2D eigenvalue weighted by Gasteiger charge is 2.20. The number of hydrogen-bond acceptors (Lipinski definition) is 3. The molecule has 0 fully saturated rings. The molecule has 0 aromatic carbocycles. The SMILES string of the molecule is CCCC(O)(O)OCC. The van der Waals surface area contributed by atoms with Crippen molar-refractivity contribution in [2.24, 2.45) is 0 Å². The Labute approximate surface area is 55.3 Å². The third-order valence-corrected chi connectivity index (χ3v) is 0.951. The fourth-order valence-electron chi connectivity index (χ4n) is 0.629.